The van der Waals surface area contributed by atoms with E-state index >= 15 is 0 Å². The van der Waals surface area contributed by atoms with Gasteiger partial charge < -0.3 is 24.3 Å². The molecule has 43 heavy (non-hydrogen) atoms. The Morgan fingerprint density at radius 3 is 2.19 bits per heavy atom. The van der Waals surface area contributed by atoms with Crippen molar-refractivity contribution >= 4 is 51.1 Å². The molecule has 0 radical (unpaired) electrons. The number of likely N-dealkylation sites (N-methyl/N-ethyl adjacent to an activating group) is 1. The molecule has 0 saturated carbocycles. The fraction of sp³-hybridized carbons (Fsp3) is 0.364. The van der Waals surface area contributed by atoms with Gasteiger partial charge in [0, 0.05) is 42.3 Å². The largest absolute Gasteiger partial charge is 0.465 e. The van der Waals surface area contributed by atoms with Crippen LogP contribution in [0, 0.1) is 13.8 Å². The monoisotopic (exact) mass is 583 g/mol. The second kappa shape index (κ2) is 10.8. The lowest BCUT2D eigenvalue weighted by Gasteiger charge is -2.32. The number of fused-ring (bicyclic) bond motifs is 8. The molecule has 1 amide bonds. The molecule has 224 valence electrons. The van der Waals surface area contributed by atoms with E-state index in [9.17, 15) is 14.4 Å². The van der Waals surface area contributed by atoms with Crippen molar-refractivity contribution in [2.45, 2.75) is 52.4 Å². The van der Waals surface area contributed by atoms with E-state index in [0.29, 0.717) is 56.8 Å². The van der Waals surface area contributed by atoms with Gasteiger partial charge in [0.2, 0.25) is 5.91 Å². The van der Waals surface area contributed by atoms with Crippen LogP contribution in [0.5, 0.6) is 0 Å². The third kappa shape index (κ3) is 4.70. The summed E-state index contributed by atoms with van der Waals surface area (Å²) >= 11 is 0. The SMILES string of the molecule is CC[C@@H]1c2cc3[nH]c(cc4nc(cc5[nH]c(cc(n2)[C@@]1(C)C(=O)N(C)C)cc5C)C(C)=C4C(=O)OC)c(C(=O)OC)c3C. The number of rotatable bonds is 4. The highest BCUT2D eigenvalue weighted by Gasteiger charge is 2.49. The van der Waals surface area contributed by atoms with Crippen molar-refractivity contribution in [1.82, 2.24) is 24.8 Å². The molecule has 2 aliphatic rings. The van der Waals surface area contributed by atoms with Gasteiger partial charge in [-0.2, -0.15) is 0 Å². The molecule has 2 N–H and O–H groups in total. The molecule has 0 unspecified atom stereocenters. The van der Waals surface area contributed by atoms with Crippen LogP contribution < -0.4 is 0 Å². The Hall–Kier alpha value is -4.73. The number of amides is 1. The van der Waals surface area contributed by atoms with Crippen molar-refractivity contribution in [2.24, 2.45) is 0 Å². The highest BCUT2D eigenvalue weighted by molar-refractivity contribution is 6.25. The number of nitrogens with one attached hydrogen (secondary N) is 2. The molecule has 0 aliphatic carbocycles. The summed E-state index contributed by atoms with van der Waals surface area (Å²) in [4.78, 5) is 58.1. The zero-order chi connectivity index (χ0) is 31.4. The molecule has 3 aromatic heterocycles. The van der Waals surface area contributed by atoms with Gasteiger partial charge in [-0.3, -0.25) is 9.78 Å². The van der Waals surface area contributed by atoms with Gasteiger partial charge in [-0.05, 0) is 81.1 Å². The van der Waals surface area contributed by atoms with E-state index in [1.54, 1.807) is 25.1 Å². The van der Waals surface area contributed by atoms with E-state index < -0.39 is 17.4 Å². The molecule has 0 aromatic carbocycles. The first-order chi connectivity index (χ1) is 20.3. The molecular formula is C33H37N5O5. The smallest absolute Gasteiger partial charge is 0.340 e. The number of aromatic nitrogens is 4. The molecule has 0 spiro atoms. The molecule has 2 atom stereocenters. The summed E-state index contributed by atoms with van der Waals surface area (Å²) in [7, 11) is 6.16. The van der Waals surface area contributed by atoms with Gasteiger partial charge in [0.05, 0.1) is 53.4 Å². The number of aryl methyl sites for hydroxylation is 2. The van der Waals surface area contributed by atoms with Gasteiger partial charge in [-0.1, -0.05) is 6.92 Å². The normalized spacial score (nSPS) is 18.0. The lowest BCUT2D eigenvalue weighted by atomic mass is 9.72. The van der Waals surface area contributed by atoms with Crippen molar-refractivity contribution in [3.05, 3.63) is 69.8 Å². The van der Waals surface area contributed by atoms with Crippen molar-refractivity contribution in [3.63, 3.8) is 0 Å². The van der Waals surface area contributed by atoms with Gasteiger partial charge >= 0.3 is 11.9 Å². The number of methoxy groups -OCH3 is 2. The number of aromatic amines is 2. The van der Waals surface area contributed by atoms with Gasteiger partial charge in [0.25, 0.3) is 0 Å². The molecular weight excluding hydrogens is 546 g/mol. The van der Waals surface area contributed by atoms with Crippen molar-refractivity contribution in [1.29, 1.82) is 0 Å². The number of ether oxygens (including phenoxy) is 2. The number of H-pyrrole nitrogens is 2. The summed E-state index contributed by atoms with van der Waals surface area (Å²) in [5, 5.41) is 0. The van der Waals surface area contributed by atoms with Crippen LogP contribution >= 0.6 is 0 Å². The molecule has 2 aliphatic heterocycles. The molecule has 5 heterocycles. The Kier molecular flexibility index (Phi) is 7.50. The van der Waals surface area contributed by atoms with E-state index in [1.807, 2.05) is 58.9 Å². The van der Waals surface area contributed by atoms with Crippen LogP contribution in [0.2, 0.25) is 0 Å². The summed E-state index contributed by atoms with van der Waals surface area (Å²) in [6, 6.07) is 9.39. The number of hydrogen-bond acceptors (Lipinski definition) is 7. The van der Waals surface area contributed by atoms with Crippen LogP contribution in [0.25, 0.3) is 33.2 Å². The predicted molar refractivity (Wildman–Crippen MR) is 165 cm³/mol. The highest BCUT2D eigenvalue weighted by Crippen LogP contribution is 2.45. The third-order valence-electron chi connectivity index (χ3n) is 8.67. The van der Waals surface area contributed by atoms with E-state index in [0.717, 1.165) is 22.3 Å². The molecule has 5 rings (SSSR count). The average molecular weight is 584 g/mol. The predicted octanol–water partition coefficient (Wildman–Crippen LogP) is 5.36. The standard InChI is InChI=1S/C33H37N5O5/c1-10-20-24-14-23-18(4)29(31(40)43-9)26(36-23)15-25-28(30(39)42-8)17(3)22(35-25)13-21-16(2)11-19(34-21)12-27(37-24)33(20,5)32(41)38(6)7/h11-15,20,34,36H,10H2,1-9H3/t20-,33+/m1/s1. The van der Waals surface area contributed by atoms with Crippen LogP contribution in [0.4, 0.5) is 0 Å². The van der Waals surface area contributed by atoms with E-state index in [1.165, 1.54) is 14.2 Å². The van der Waals surface area contributed by atoms with E-state index in [4.69, 9.17) is 19.4 Å². The van der Waals surface area contributed by atoms with Gasteiger partial charge in [0.15, 0.2) is 0 Å². The summed E-state index contributed by atoms with van der Waals surface area (Å²) in [5.74, 6) is -1.33. The number of carbonyl (C=O) groups is 3. The minimum atomic E-state index is -0.921. The topological polar surface area (TPSA) is 130 Å². The van der Waals surface area contributed by atoms with Crippen LogP contribution in [0.15, 0.2) is 30.3 Å². The quantitative estimate of drug-likeness (QED) is 0.395. The second-order valence-corrected chi connectivity index (χ2v) is 11.5. The maximum absolute atomic E-state index is 13.8. The summed E-state index contributed by atoms with van der Waals surface area (Å²) in [5.41, 5.74) is 6.94. The molecule has 8 bridgehead atoms. The number of allylic oxidation sites excluding steroid dienone is 1. The molecule has 0 saturated heterocycles. The summed E-state index contributed by atoms with van der Waals surface area (Å²) in [6.45, 7) is 9.61. The Morgan fingerprint density at radius 1 is 0.884 bits per heavy atom. The van der Waals surface area contributed by atoms with Crippen molar-refractivity contribution in [2.75, 3.05) is 28.3 Å². The number of carbonyl (C=O) groups excluding carboxylic acids is 3. The van der Waals surface area contributed by atoms with Gasteiger partial charge in [0.1, 0.15) is 0 Å². The number of esters is 2. The van der Waals surface area contributed by atoms with Gasteiger partial charge in [-0.15, -0.1) is 0 Å². The maximum atomic E-state index is 13.8. The van der Waals surface area contributed by atoms with Crippen molar-refractivity contribution in [3.8, 4) is 0 Å². The molecule has 10 heteroatoms. The minimum absolute atomic E-state index is 0.0441. The summed E-state index contributed by atoms with van der Waals surface area (Å²) < 4.78 is 10.3. The zero-order valence-electron chi connectivity index (χ0n) is 26.1. The first-order valence-corrected chi connectivity index (χ1v) is 14.2. The Labute approximate surface area is 250 Å². The lowest BCUT2D eigenvalue weighted by Crippen LogP contribution is -2.43. The van der Waals surface area contributed by atoms with E-state index in [2.05, 4.69) is 9.97 Å². The van der Waals surface area contributed by atoms with Crippen LogP contribution in [0.1, 0.15) is 77.4 Å². The van der Waals surface area contributed by atoms with E-state index in [-0.39, 0.29) is 11.8 Å². The number of hydrogen-bond donors (Lipinski definition) is 2. The van der Waals surface area contributed by atoms with Gasteiger partial charge in [-0.25, -0.2) is 14.6 Å². The molecule has 3 aromatic rings. The number of nitrogens with zero attached hydrogens (tertiary/aromatic N) is 3. The van der Waals surface area contributed by atoms with Crippen LogP contribution in [-0.4, -0.2) is 71.0 Å². The Morgan fingerprint density at radius 2 is 1.56 bits per heavy atom. The lowest BCUT2D eigenvalue weighted by molar-refractivity contribution is -0.135. The zero-order valence-corrected chi connectivity index (χ0v) is 26.1. The second-order valence-electron chi connectivity index (χ2n) is 11.5. The Balaban J connectivity index is 1.99. The Bertz CT molecular complexity index is 1880. The highest BCUT2D eigenvalue weighted by atomic mass is 16.5. The van der Waals surface area contributed by atoms with Crippen LogP contribution in [-0.2, 0) is 24.5 Å². The third-order valence-corrected chi connectivity index (χ3v) is 8.67. The minimum Gasteiger partial charge on any atom is -0.465 e. The first-order valence-electron chi connectivity index (χ1n) is 14.2. The van der Waals surface area contributed by atoms with Crippen LogP contribution in [0.3, 0.4) is 0 Å². The first kappa shape index (κ1) is 29.8. The maximum Gasteiger partial charge on any atom is 0.340 e. The van der Waals surface area contributed by atoms with Crippen molar-refractivity contribution < 1.29 is 23.9 Å². The average Bonchev–Trinajstić information content (AvgIpc) is 3.65. The molecule has 0 fully saturated rings. The molecule has 10 nitrogen and oxygen atoms in total. The summed E-state index contributed by atoms with van der Waals surface area (Å²) in [6.07, 6.45) is 0.663. The fourth-order valence-corrected chi connectivity index (χ4v) is 6.31. The fourth-order valence-electron chi connectivity index (χ4n) is 6.31.